The molecule has 14 heavy (non-hydrogen) atoms. The van der Waals surface area contributed by atoms with Gasteiger partial charge in [-0.3, -0.25) is 0 Å². The van der Waals surface area contributed by atoms with Crippen molar-refractivity contribution in [3.63, 3.8) is 0 Å². The molecule has 0 N–H and O–H groups in total. The van der Waals surface area contributed by atoms with E-state index in [1.54, 1.807) is 0 Å². The van der Waals surface area contributed by atoms with E-state index in [0.717, 1.165) is 12.8 Å². The molecule has 0 aromatic heterocycles. The summed E-state index contributed by atoms with van der Waals surface area (Å²) in [6, 6.07) is 0. The average molecular weight is 202 g/mol. The summed E-state index contributed by atoms with van der Waals surface area (Å²) >= 11 is 0. The first-order chi connectivity index (χ1) is 6.84. The van der Waals surface area contributed by atoms with Gasteiger partial charge in [-0.25, -0.2) is 4.79 Å². The first kappa shape index (κ1) is 9.73. The van der Waals surface area contributed by atoms with Crippen LogP contribution in [0.3, 0.4) is 0 Å². The van der Waals surface area contributed by atoms with E-state index in [1.165, 1.54) is 0 Å². The third-order valence-corrected chi connectivity index (χ3v) is 2.30. The Bertz CT molecular complexity index is 173. The number of ether oxygens (including phenoxy) is 4. The largest absolute Gasteiger partial charge is 0.508 e. The molecule has 0 unspecified atom stereocenters. The Morgan fingerprint density at radius 2 is 1.50 bits per heavy atom. The Kier molecular flexibility index (Phi) is 3.21. The van der Waals surface area contributed by atoms with Crippen molar-refractivity contribution >= 4 is 6.16 Å². The number of hydrogen-bond acceptors (Lipinski definition) is 5. The minimum absolute atomic E-state index is 0.134. The number of rotatable bonds is 2. The molecule has 0 amide bonds. The molecule has 2 aliphatic rings. The number of hydrogen-bond donors (Lipinski definition) is 0. The Balaban J connectivity index is 1.66. The van der Waals surface area contributed by atoms with Gasteiger partial charge >= 0.3 is 6.16 Å². The van der Waals surface area contributed by atoms with E-state index in [1.807, 2.05) is 0 Å². The highest BCUT2D eigenvalue weighted by Gasteiger charge is 2.25. The van der Waals surface area contributed by atoms with E-state index >= 15 is 0 Å². The van der Waals surface area contributed by atoms with Crippen molar-refractivity contribution in [2.45, 2.75) is 25.0 Å². The number of carbonyl (C=O) groups excluding carboxylic acids is 1. The van der Waals surface area contributed by atoms with Gasteiger partial charge in [-0.1, -0.05) is 0 Å². The zero-order valence-electron chi connectivity index (χ0n) is 7.94. The summed E-state index contributed by atoms with van der Waals surface area (Å²) in [5.74, 6) is 0. The van der Waals surface area contributed by atoms with Gasteiger partial charge in [0.25, 0.3) is 0 Å². The molecule has 0 aromatic rings. The summed E-state index contributed by atoms with van der Waals surface area (Å²) in [5, 5.41) is 0. The fraction of sp³-hybridized carbons (Fsp3) is 0.889. The van der Waals surface area contributed by atoms with Crippen molar-refractivity contribution in [2.75, 3.05) is 26.4 Å². The highest BCUT2D eigenvalue weighted by molar-refractivity contribution is 5.60. The van der Waals surface area contributed by atoms with Gasteiger partial charge in [0.05, 0.1) is 26.4 Å². The molecule has 0 spiro atoms. The monoisotopic (exact) mass is 202 g/mol. The van der Waals surface area contributed by atoms with Gasteiger partial charge < -0.3 is 18.9 Å². The van der Waals surface area contributed by atoms with Crippen LogP contribution in [0.5, 0.6) is 0 Å². The van der Waals surface area contributed by atoms with E-state index in [9.17, 15) is 4.79 Å². The van der Waals surface area contributed by atoms with Crippen LogP contribution in [-0.2, 0) is 18.9 Å². The van der Waals surface area contributed by atoms with Crippen LogP contribution >= 0.6 is 0 Å². The fourth-order valence-electron chi connectivity index (χ4n) is 1.51. The zero-order chi connectivity index (χ0) is 9.80. The second-order valence-corrected chi connectivity index (χ2v) is 3.46. The van der Waals surface area contributed by atoms with E-state index in [-0.39, 0.29) is 12.2 Å². The van der Waals surface area contributed by atoms with Crippen molar-refractivity contribution < 1.29 is 23.7 Å². The van der Waals surface area contributed by atoms with Crippen LogP contribution < -0.4 is 0 Å². The standard InChI is InChI=1S/C9H14O5/c10-9(13-7-1-3-11-5-7)14-8-2-4-12-6-8/h7-8H,1-6H2/t7-,8-/m1/s1. The second-order valence-electron chi connectivity index (χ2n) is 3.46. The molecule has 0 aromatic carbocycles. The van der Waals surface area contributed by atoms with E-state index < -0.39 is 6.16 Å². The van der Waals surface area contributed by atoms with Gasteiger partial charge in [0, 0.05) is 12.8 Å². The Morgan fingerprint density at radius 1 is 1.00 bits per heavy atom. The Labute approximate surface area is 82.3 Å². The Morgan fingerprint density at radius 3 is 1.86 bits per heavy atom. The first-order valence-electron chi connectivity index (χ1n) is 4.87. The van der Waals surface area contributed by atoms with Crippen LogP contribution in [0.1, 0.15) is 12.8 Å². The smallest absolute Gasteiger partial charge is 0.428 e. The lowest BCUT2D eigenvalue weighted by Crippen LogP contribution is -2.24. The predicted molar refractivity (Wildman–Crippen MR) is 46.0 cm³/mol. The predicted octanol–water partition coefficient (Wildman–Crippen LogP) is 0.717. The summed E-state index contributed by atoms with van der Waals surface area (Å²) in [6.45, 7) is 2.28. The molecule has 2 saturated heterocycles. The number of carbonyl (C=O) groups is 1. The van der Waals surface area contributed by atoms with Gasteiger partial charge in [-0.2, -0.15) is 0 Å². The molecule has 0 bridgehead atoms. The Hall–Kier alpha value is -0.810. The third-order valence-electron chi connectivity index (χ3n) is 2.30. The molecule has 0 saturated carbocycles. The highest BCUT2D eigenvalue weighted by Crippen LogP contribution is 2.12. The minimum Gasteiger partial charge on any atom is -0.428 e. The summed E-state index contributed by atoms with van der Waals surface area (Å²) in [4.78, 5) is 11.2. The molecule has 2 fully saturated rings. The molecule has 0 aliphatic carbocycles. The van der Waals surface area contributed by atoms with E-state index in [4.69, 9.17) is 18.9 Å². The maximum Gasteiger partial charge on any atom is 0.508 e. The summed E-state index contributed by atoms with van der Waals surface area (Å²) in [5.41, 5.74) is 0. The van der Waals surface area contributed by atoms with Gasteiger partial charge in [0.1, 0.15) is 12.2 Å². The third kappa shape index (κ3) is 2.59. The van der Waals surface area contributed by atoms with Crippen LogP contribution in [0.4, 0.5) is 4.79 Å². The maximum atomic E-state index is 11.2. The maximum absolute atomic E-state index is 11.2. The van der Waals surface area contributed by atoms with Crippen LogP contribution in [0.2, 0.25) is 0 Å². The molecule has 2 heterocycles. The lowest BCUT2D eigenvalue weighted by Gasteiger charge is -2.13. The fourth-order valence-corrected chi connectivity index (χ4v) is 1.51. The second kappa shape index (κ2) is 4.61. The molecule has 2 atom stereocenters. The van der Waals surface area contributed by atoms with Crippen molar-refractivity contribution in [1.82, 2.24) is 0 Å². The van der Waals surface area contributed by atoms with Gasteiger partial charge in [0.2, 0.25) is 0 Å². The van der Waals surface area contributed by atoms with Crippen LogP contribution in [-0.4, -0.2) is 44.8 Å². The molecule has 5 nitrogen and oxygen atoms in total. The van der Waals surface area contributed by atoms with Gasteiger partial charge in [-0.05, 0) is 0 Å². The topological polar surface area (TPSA) is 54.0 Å². The average Bonchev–Trinajstić information content (AvgIpc) is 2.76. The lowest BCUT2D eigenvalue weighted by molar-refractivity contribution is -0.00591. The summed E-state index contributed by atoms with van der Waals surface area (Å²) in [6.07, 6.45) is 0.651. The summed E-state index contributed by atoms with van der Waals surface area (Å²) in [7, 11) is 0. The normalized spacial score (nSPS) is 31.7. The van der Waals surface area contributed by atoms with Crippen LogP contribution in [0, 0.1) is 0 Å². The van der Waals surface area contributed by atoms with Gasteiger partial charge in [0.15, 0.2) is 0 Å². The molecule has 2 aliphatic heterocycles. The van der Waals surface area contributed by atoms with Gasteiger partial charge in [-0.15, -0.1) is 0 Å². The molecular formula is C9H14O5. The highest BCUT2D eigenvalue weighted by atomic mass is 16.7. The lowest BCUT2D eigenvalue weighted by atomic mass is 10.3. The molecule has 5 heteroatoms. The van der Waals surface area contributed by atoms with Crippen molar-refractivity contribution in [1.29, 1.82) is 0 Å². The minimum atomic E-state index is -0.601. The van der Waals surface area contributed by atoms with Crippen molar-refractivity contribution in [3.05, 3.63) is 0 Å². The van der Waals surface area contributed by atoms with Crippen molar-refractivity contribution in [2.24, 2.45) is 0 Å². The molecular weight excluding hydrogens is 188 g/mol. The zero-order valence-corrected chi connectivity index (χ0v) is 7.94. The first-order valence-corrected chi connectivity index (χ1v) is 4.87. The molecule has 2 rings (SSSR count). The molecule has 80 valence electrons. The van der Waals surface area contributed by atoms with Crippen molar-refractivity contribution in [3.8, 4) is 0 Å². The summed E-state index contributed by atoms with van der Waals surface area (Å²) < 4.78 is 20.2. The van der Waals surface area contributed by atoms with E-state index in [2.05, 4.69) is 0 Å². The van der Waals surface area contributed by atoms with E-state index in [0.29, 0.717) is 26.4 Å². The van der Waals surface area contributed by atoms with Crippen LogP contribution in [0.25, 0.3) is 0 Å². The molecule has 0 radical (unpaired) electrons. The van der Waals surface area contributed by atoms with Crippen LogP contribution in [0.15, 0.2) is 0 Å². The quantitative estimate of drug-likeness (QED) is 0.617. The SMILES string of the molecule is O=C(O[C@@H]1CCOC1)O[C@@H]1CCOC1.